The number of nitro benzene ring substituents is 1. The second-order valence-corrected chi connectivity index (χ2v) is 8.13. The van der Waals surface area contributed by atoms with E-state index in [0.29, 0.717) is 5.71 Å². The highest BCUT2D eigenvalue weighted by molar-refractivity contribution is 7.93. The van der Waals surface area contributed by atoms with Gasteiger partial charge in [-0.15, -0.1) is 0 Å². The molecule has 0 saturated carbocycles. The van der Waals surface area contributed by atoms with E-state index in [1.807, 2.05) is 0 Å². The van der Waals surface area contributed by atoms with Crippen molar-refractivity contribution in [2.75, 3.05) is 10.1 Å². The summed E-state index contributed by atoms with van der Waals surface area (Å²) in [7, 11) is -4.22. The topological polar surface area (TPSA) is 127 Å². The quantitative estimate of drug-likeness (QED) is 0.317. The van der Waals surface area contributed by atoms with Crippen LogP contribution < -0.4 is 10.1 Å². The Kier molecular flexibility index (Phi) is 6.28. The highest BCUT2D eigenvalue weighted by atomic mass is 35.5. The van der Waals surface area contributed by atoms with Crippen molar-refractivity contribution in [1.82, 2.24) is 4.98 Å². The van der Waals surface area contributed by atoms with Gasteiger partial charge in [0.1, 0.15) is 4.90 Å². The van der Waals surface area contributed by atoms with Crippen molar-refractivity contribution in [1.29, 1.82) is 0 Å². The second kappa shape index (κ2) is 8.89. The number of hydrogen-bond donors (Lipinski definition) is 2. The average Bonchev–Trinajstić information content (AvgIpc) is 2.74. The van der Waals surface area contributed by atoms with E-state index in [9.17, 15) is 18.5 Å². The normalized spacial score (nSPS) is 11.7. The first-order valence-electron chi connectivity index (χ1n) is 8.54. The summed E-state index contributed by atoms with van der Waals surface area (Å²) in [6.07, 6.45) is 3.20. The van der Waals surface area contributed by atoms with Crippen LogP contribution in [0.5, 0.6) is 0 Å². The maximum atomic E-state index is 13.0. The fourth-order valence-corrected chi connectivity index (χ4v) is 3.98. The van der Waals surface area contributed by atoms with Crippen molar-refractivity contribution in [3.05, 3.63) is 87.7 Å². The third kappa shape index (κ3) is 4.91. The van der Waals surface area contributed by atoms with Gasteiger partial charge in [-0.2, -0.15) is 5.10 Å². The molecule has 0 fully saturated rings. The maximum absolute atomic E-state index is 13.0. The molecular weight excluding hydrogens is 430 g/mol. The lowest BCUT2D eigenvalue weighted by molar-refractivity contribution is -0.385. The second-order valence-electron chi connectivity index (χ2n) is 6.07. The zero-order chi connectivity index (χ0) is 21.7. The molecule has 3 aromatic rings. The Hall–Kier alpha value is -3.50. The monoisotopic (exact) mass is 445 g/mol. The van der Waals surface area contributed by atoms with Gasteiger partial charge in [-0.1, -0.05) is 23.7 Å². The summed E-state index contributed by atoms with van der Waals surface area (Å²) in [6, 6.07) is 13.2. The molecule has 0 radical (unpaired) electrons. The molecule has 0 unspecified atom stereocenters. The minimum Gasteiger partial charge on any atom is -0.278 e. The number of pyridine rings is 1. The van der Waals surface area contributed by atoms with Crippen molar-refractivity contribution >= 4 is 44.4 Å². The molecule has 1 heterocycles. The van der Waals surface area contributed by atoms with Crippen molar-refractivity contribution in [2.45, 2.75) is 11.8 Å². The Morgan fingerprint density at radius 3 is 2.47 bits per heavy atom. The lowest BCUT2D eigenvalue weighted by atomic mass is 10.2. The van der Waals surface area contributed by atoms with Crippen LogP contribution in [-0.4, -0.2) is 24.0 Å². The van der Waals surface area contributed by atoms with Gasteiger partial charge in [0.05, 0.1) is 27.0 Å². The fourth-order valence-electron chi connectivity index (χ4n) is 2.48. The molecule has 0 spiro atoms. The minimum absolute atomic E-state index is 0.0635. The Bertz CT molecular complexity index is 1220. The van der Waals surface area contributed by atoms with Gasteiger partial charge in [-0.3, -0.25) is 25.2 Å². The smallest absolute Gasteiger partial charge is 0.270 e. The summed E-state index contributed by atoms with van der Waals surface area (Å²) in [5.41, 5.74) is 3.85. The van der Waals surface area contributed by atoms with Crippen molar-refractivity contribution in [3.63, 3.8) is 0 Å². The molecule has 0 aliphatic rings. The van der Waals surface area contributed by atoms with Gasteiger partial charge < -0.3 is 0 Å². The van der Waals surface area contributed by atoms with E-state index in [0.717, 1.165) is 11.6 Å². The van der Waals surface area contributed by atoms with E-state index in [-0.39, 0.29) is 27.0 Å². The number of aromatic nitrogens is 1. The largest absolute Gasteiger partial charge is 0.278 e. The molecule has 9 nitrogen and oxygen atoms in total. The minimum atomic E-state index is -4.22. The molecule has 0 atom stereocenters. The van der Waals surface area contributed by atoms with E-state index in [1.165, 1.54) is 24.3 Å². The van der Waals surface area contributed by atoms with Crippen LogP contribution in [0.2, 0.25) is 5.02 Å². The Balaban J connectivity index is 2.00. The van der Waals surface area contributed by atoms with E-state index in [4.69, 9.17) is 11.6 Å². The number of para-hydroxylation sites is 1. The first-order valence-corrected chi connectivity index (χ1v) is 10.4. The zero-order valence-electron chi connectivity index (χ0n) is 15.6. The lowest BCUT2D eigenvalue weighted by Gasteiger charge is -2.13. The summed E-state index contributed by atoms with van der Waals surface area (Å²) in [4.78, 5) is 14.1. The molecule has 0 aliphatic heterocycles. The molecular formula is C19H16ClN5O4S. The van der Waals surface area contributed by atoms with Gasteiger partial charge >= 0.3 is 0 Å². The van der Waals surface area contributed by atoms with E-state index >= 15 is 0 Å². The molecule has 2 aromatic carbocycles. The zero-order valence-corrected chi connectivity index (χ0v) is 17.2. The Labute approximate surface area is 177 Å². The van der Waals surface area contributed by atoms with E-state index in [1.54, 1.807) is 43.6 Å². The number of nitrogens with one attached hydrogen (secondary N) is 2. The van der Waals surface area contributed by atoms with Gasteiger partial charge in [0.25, 0.3) is 15.7 Å². The van der Waals surface area contributed by atoms with Crippen LogP contribution in [-0.2, 0) is 10.0 Å². The molecule has 0 amide bonds. The Morgan fingerprint density at radius 2 is 1.80 bits per heavy atom. The van der Waals surface area contributed by atoms with E-state index < -0.39 is 14.9 Å². The molecule has 2 N–H and O–H groups in total. The van der Waals surface area contributed by atoms with Gasteiger partial charge in [-0.25, -0.2) is 8.42 Å². The molecule has 154 valence electrons. The van der Waals surface area contributed by atoms with Crippen LogP contribution in [0.3, 0.4) is 0 Å². The van der Waals surface area contributed by atoms with E-state index in [2.05, 4.69) is 20.2 Å². The van der Waals surface area contributed by atoms with Crippen LogP contribution in [0.4, 0.5) is 17.1 Å². The van der Waals surface area contributed by atoms with Crippen LogP contribution in [0.1, 0.15) is 12.5 Å². The molecule has 0 aliphatic carbocycles. The number of anilines is 2. The Morgan fingerprint density at radius 1 is 1.10 bits per heavy atom. The van der Waals surface area contributed by atoms with Crippen LogP contribution in [0, 0.1) is 10.1 Å². The predicted molar refractivity (Wildman–Crippen MR) is 115 cm³/mol. The summed E-state index contributed by atoms with van der Waals surface area (Å²) >= 11 is 6.03. The van der Waals surface area contributed by atoms with Crippen molar-refractivity contribution in [3.8, 4) is 0 Å². The molecule has 3 rings (SSSR count). The summed E-state index contributed by atoms with van der Waals surface area (Å²) in [5.74, 6) is 0. The van der Waals surface area contributed by atoms with Gasteiger partial charge in [-0.05, 0) is 37.3 Å². The van der Waals surface area contributed by atoms with Crippen molar-refractivity contribution in [2.24, 2.45) is 5.10 Å². The molecule has 11 heteroatoms. The third-order valence-electron chi connectivity index (χ3n) is 4.03. The number of benzene rings is 2. The number of nitrogens with zero attached hydrogens (tertiary/aromatic N) is 3. The summed E-state index contributed by atoms with van der Waals surface area (Å²) in [6.45, 7) is 1.73. The number of sulfonamides is 1. The average molecular weight is 446 g/mol. The first kappa shape index (κ1) is 21.2. The summed E-state index contributed by atoms with van der Waals surface area (Å²) < 4.78 is 28.3. The number of hydrogen-bond acceptors (Lipinski definition) is 7. The standard InChI is InChI=1S/C19H16ClN5O4S/c1-13(14-8-10-21-11-9-14)22-23-18-7-6-15(25(26)27)12-19(18)30(28,29)24-17-5-3-2-4-16(17)20/h2-12,23-24H,1H3. The molecule has 0 bridgehead atoms. The van der Waals surface area contributed by atoms with Gasteiger partial charge in [0.2, 0.25) is 0 Å². The van der Waals surface area contributed by atoms with Gasteiger partial charge in [0.15, 0.2) is 0 Å². The highest BCUT2D eigenvalue weighted by Gasteiger charge is 2.23. The summed E-state index contributed by atoms with van der Waals surface area (Å²) in [5, 5.41) is 15.5. The number of halogens is 1. The number of hydrazone groups is 1. The molecule has 1 aromatic heterocycles. The molecule has 30 heavy (non-hydrogen) atoms. The van der Waals surface area contributed by atoms with Crippen LogP contribution in [0.15, 0.2) is 77.0 Å². The van der Waals surface area contributed by atoms with Gasteiger partial charge in [0, 0.05) is 30.1 Å². The molecule has 0 saturated heterocycles. The lowest BCUT2D eigenvalue weighted by Crippen LogP contribution is -2.15. The number of non-ortho nitro benzene ring substituents is 1. The van der Waals surface area contributed by atoms with Crippen molar-refractivity contribution < 1.29 is 13.3 Å². The first-order chi connectivity index (χ1) is 14.3. The van der Waals surface area contributed by atoms with Crippen LogP contribution >= 0.6 is 11.6 Å². The predicted octanol–water partition coefficient (Wildman–Crippen LogP) is 4.28. The maximum Gasteiger partial charge on any atom is 0.270 e. The van der Waals surface area contributed by atoms with Crippen LogP contribution in [0.25, 0.3) is 0 Å². The number of nitro groups is 1. The third-order valence-corrected chi connectivity index (χ3v) is 5.76. The number of rotatable bonds is 7. The highest BCUT2D eigenvalue weighted by Crippen LogP contribution is 2.30. The SMILES string of the molecule is CC(=NNc1ccc([N+](=O)[O-])cc1S(=O)(=O)Nc1ccccc1Cl)c1ccncc1. The fraction of sp³-hybridized carbons (Fsp3) is 0.0526.